The van der Waals surface area contributed by atoms with Gasteiger partial charge in [-0.2, -0.15) is 5.10 Å². The van der Waals surface area contributed by atoms with Crippen LogP contribution >= 0.6 is 11.3 Å². The van der Waals surface area contributed by atoms with E-state index in [4.69, 9.17) is 0 Å². The number of nitrogens with one attached hydrogen (secondary N) is 1. The smallest absolute Gasteiger partial charge is 0.271 e. The first kappa shape index (κ1) is 16.0. The van der Waals surface area contributed by atoms with E-state index in [0.29, 0.717) is 17.8 Å². The molecular weight excluding hydrogens is 342 g/mol. The van der Waals surface area contributed by atoms with Gasteiger partial charge < -0.3 is 10.4 Å². The fourth-order valence-electron chi connectivity index (χ4n) is 3.18. The third-order valence-corrected chi connectivity index (χ3v) is 5.35. The molecule has 1 aliphatic carbocycles. The minimum atomic E-state index is -0.464. The number of carbonyl (C=O) groups excluding carboxylic acids is 1. The highest BCUT2D eigenvalue weighted by Gasteiger charge is 2.36. The highest BCUT2D eigenvalue weighted by molar-refractivity contribution is 7.15. The van der Waals surface area contributed by atoms with Crippen LogP contribution in [0.15, 0.2) is 35.0 Å². The quantitative estimate of drug-likeness (QED) is 0.715. The largest absolute Gasteiger partial charge is 0.393 e. The van der Waals surface area contributed by atoms with Gasteiger partial charge in [0.25, 0.3) is 11.5 Å². The van der Waals surface area contributed by atoms with Crippen LogP contribution in [0.1, 0.15) is 34.8 Å². The molecule has 8 nitrogen and oxygen atoms in total. The van der Waals surface area contributed by atoms with Crippen LogP contribution < -0.4 is 10.9 Å². The molecule has 0 radical (unpaired) electrons. The molecule has 1 fully saturated rings. The number of aromatic nitrogens is 4. The SMILES string of the molecule is Cn1cc([C@@H](NC(=O)c2cnc3sccn3c2=O)C2CC(O)C2)cn1. The van der Waals surface area contributed by atoms with E-state index in [2.05, 4.69) is 15.4 Å². The van der Waals surface area contributed by atoms with E-state index in [0.717, 1.165) is 5.56 Å². The zero-order chi connectivity index (χ0) is 17.6. The normalized spacial score (nSPS) is 21.0. The molecule has 9 heteroatoms. The monoisotopic (exact) mass is 359 g/mol. The van der Waals surface area contributed by atoms with Gasteiger partial charge in [-0.15, -0.1) is 11.3 Å². The summed E-state index contributed by atoms with van der Waals surface area (Å²) in [5.41, 5.74) is 0.476. The van der Waals surface area contributed by atoms with Crippen molar-refractivity contribution < 1.29 is 9.90 Å². The summed E-state index contributed by atoms with van der Waals surface area (Å²) in [5, 5.41) is 18.4. The molecule has 3 aromatic heterocycles. The summed E-state index contributed by atoms with van der Waals surface area (Å²) in [6.07, 6.45) is 7.34. The topological polar surface area (TPSA) is 102 Å². The lowest BCUT2D eigenvalue weighted by molar-refractivity contribution is 0.0235. The van der Waals surface area contributed by atoms with Crippen LogP contribution in [0.4, 0.5) is 0 Å². The minimum Gasteiger partial charge on any atom is -0.393 e. The molecule has 0 spiro atoms. The average molecular weight is 359 g/mol. The number of aryl methyl sites for hydroxylation is 1. The van der Waals surface area contributed by atoms with Crippen molar-refractivity contribution in [2.45, 2.75) is 25.0 Å². The molecule has 0 saturated heterocycles. The summed E-state index contributed by atoms with van der Waals surface area (Å²) < 4.78 is 3.03. The molecule has 1 amide bonds. The Kier molecular flexibility index (Phi) is 3.89. The third-order valence-electron chi connectivity index (χ3n) is 4.58. The van der Waals surface area contributed by atoms with Crippen LogP contribution in [0.2, 0.25) is 0 Å². The van der Waals surface area contributed by atoms with Gasteiger partial charge in [0.2, 0.25) is 0 Å². The van der Waals surface area contributed by atoms with Crippen LogP contribution in [0, 0.1) is 5.92 Å². The number of fused-ring (bicyclic) bond motifs is 1. The lowest BCUT2D eigenvalue weighted by Crippen LogP contribution is -2.42. The average Bonchev–Trinajstić information content (AvgIpc) is 3.19. The summed E-state index contributed by atoms with van der Waals surface area (Å²) in [4.78, 5) is 29.9. The number of aliphatic hydroxyl groups is 1. The minimum absolute atomic E-state index is 0.00432. The number of thiazole rings is 1. The van der Waals surface area contributed by atoms with Crippen molar-refractivity contribution in [3.8, 4) is 0 Å². The zero-order valence-corrected chi connectivity index (χ0v) is 14.3. The van der Waals surface area contributed by atoms with Gasteiger partial charge >= 0.3 is 0 Å². The van der Waals surface area contributed by atoms with Crippen LogP contribution in [-0.2, 0) is 7.05 Å². The molecular formula is C16H17N5O3S. The Morgan fingerprint density at radius 2 is 2.24 bits per heavy atom. The van der Waals surface area contributed by atoms with E-state index < -0.39 is 5.91 Å². The predicted molar refractivity (Wildman–Crippen MR) is 91.5 cm³/mol. The molecule has 2 N–H and O–H groups in total. The fourth-order valence-corrected chi connectivity index (χ4v) is 3.85. The lowest BCUT2D eigenvalue weighted by Gasteiger charge is -2.37. The zero-order valence-electron chi connectivity index (χ0n) is 13.5. The summed E-state index contributed by atoms with van der Waals surface area (Å²) in [7, 11) is 1.80. The Morgan fingerprint density at radius 3 is 2.92 bits per heavy atom. The second kappa shape index (κ2) is 6.08. The molecule has 0 bridgehead atoms. The van der Waals surface area contributed by atoms with Gasteiger partial charge in [0.15, 0.2) is 4.96 Å². The van der Waals surface area contributed by atoms with Gasteiger partial charge in [-0.3, -0.25) is 18.7 Å². The van der Waals surface area contributed by atoms with Gasteiger partial charge in [0.1, 0.15) is 5.56 Å². The molecule has 1 atom stereocenters. The van der Waals surface area contributed by atoms with Crippen molar-refractivity contribution in [3.63, 3.8) is 0 Å². The molecule has 3 heterocycles. The lowest BCUT2D eigenvalue weighted by atomic mass is 9.75. The highest BCUT2D eigenvalue weighted by Crippen LogP contribution is 2.38. The second-order valence-corrected chi connectivity index (χ2v) is 7.19. The first-order valence-electron chi connectivity index (χ1n) is 7.95. The maximum atomic E-state index is 12.7. The summed E-state index contributed by atoms with van der Waals surface area (Å²) >= 11 is 1.33. The van der Waals surface area contributed by atoms with E-state index in [-0.39, 0.29) is 29.2 Å². The van der Waals surface area contributed by atoms with Gasteiger partial charge in [-0.05, 0) is 18.8 Å². The Balaban J connectivity index is 1.63. The Hall–Kier alpha value is -2.52. The van der Waals surface area contributed by atoms with Crippen LogP contribution in [0.5, 0.6) is 0 Å². The van der Waals surface area contributed by atoms with Crippen LogP contribution in [0.25, 0.3) is 4.96 Å². The van der Waals surface area contributed by atoms with Crippen molar-refractivity contribution in [2.24, 2.45) is 13.0 Å². The number of nitrogens with zero attached hydrogens (tertiary/aromatic N) is 4. The van der Waals surface area contributed by atoms with E-state index in [1.807, 2.05) is 6.20 Å². The van der Waals surface area contributed by atoms with E-state index in [1.54, 1.807) is 29.5 Å². The number of aliphatic hydroxyl groups excluding tert-OH is 1. The van der Waals surface area contributed by atoms with E-state index in [1.165, 1.54) is 21.9 Å². The van der Waals surface area contributed by atoms with Crippen molar-refractivity contribution in [1.29, 1.82) is 0 Å². The maximum Gasteiger partial charge on any atom is 0.271 e. The highest BCUT2D eigenvalue weighted by atomic mass is 32.1. The summed E-state index contributed by atoms with van der Waals surface area (Å²) in [6, 6.07) is -0.299. The maximum absolute atomic E-state index is 12.7. The molecule has 0 aromatic carbocycles. The van der Waals surface area contributed by atoms with E-state index >= 15 is 0 Å². The Morgan fingerprint density at radius 1 is 1.44 bits per heavy atom. The predicted octanol–water partition coefficient (Wildman–Crippen LogP) is 0.731. The number of hydrogen-bond donors (Lipinski definition) is 2. The number of hydrogen-bond acceptors (Lipinski definition) is 6. The first-order valence-corrected chi connectivity index (χ1v) is 8.83. The molecule has 3 aromatic rings. The van der Waals surface area contributed by atoms with Gasteiger partial charge in [-0.1, -0.05) is 0 Å². The standard InChI is InChI=1S/C16H17N5O3S/c1-20-8-10(6-18-20)13(9-4-11(22)5-9)19-14(23)12-7-17-16-21(15(12)24)2-3-25-16/h2-3,6-9,11,13,22H,4-5H2,1H3,(H,19,23)/t9?,11?,13-/m0/s1. The molecule has 4 rings (SSSR count). The Bertz CT molecular complexity index is 985. The number of rotatable bonds is 4. The fraction of sp³-hybridized carbons (Fsp3) is 0.375. The Labute approximate surface area is 146 Å². The van der Waals surface area contributed by atoms with Crippen molar-refractivity contribution >= 4 is 22.2 Å². The van der Waals surface area contributed by atoms with Crippen molar-refractivity contribution in [2.75, 3.05) is 0 Å². The third kappa shape index (κ3) is 2.85. The van der Waals surface area contributed by atoms with Gasteiger partial charge in [0, 0.05) is 36.6 Å². The first-order chi connectivity index (χ1) is 12.0. The molecule has 0 unspecified atom stereocenters. The van der Waals surface area contributed by atoms with Crippen molar-refractivity contribution in [1.82, 2.24) is 24.5 Å². The molecule has 130 valence electrons. The molecule has 1 saturated carbocycles. The van der Waals surface area contributed by atoms with Gasteiger partial charge in [-0.25, -0.2) is 4.98 Å². The van der Waals surface area contributed by atoms with Crippen LogP contribution in [0.3, 0.4) is 0 Å². The second-order valence-electron chi connectivity index (χ2n) is 6.32. The van der Waals surface area contributed by atoms with E-state index in [9.17, 15) is 14.7 Å². The van der Waals surface area contributed by atoms with Crippen LogP contribution in [-0.4, -0.2) is 36.3 Å². The molecule has 25 heavy (non-hydrogen) atoms. The number of carbonyl (C=O) groups is 1. The van der Waals surface area contributed by atoms with Crippen molar-refractivity contribution in [3.05, 3.63) is 51.6 Å². The summed E-state index contributed by atoms with van der Waals surface area (Å²) in [6.45, 7) is 0. The summed E-state index contributed by atoms with van der Waals surface area (Å²) in [5.74, 6) is -0.350. The number of amides is 1. The van der Waals surface area contributed by atoms with Gasteiger partial charge in [0.05, 0.1) is 18.3 Å². The molecule has 0 aliphatic heterocycles. The molecule has 1 aliphatic rings.